The summed E-state index contributed by atoms with van der Waals surface area (Å²) in [6.45, 7) is 2.05. The van der Waals surface area contributed by atoms with Gasteiger partial charge >= 0.3 is 5.97 Å². The average Bonchev–Trinajstić information content (AvgIpc) is 2.87. The molecule has 0 aliphatic rings. The summed E-state index contributed by atoms with van der Waals surface area (Å²) in [7, 11) is 0. The van der Waals surface area contributed by atoms with Crippen LogP contribution in [0.2, 0.25) is 5.02 Å². The molecule has 0 aromatic heterocycles. The van der Waals surface area contributed by atoms with Crippen LogP contribution in [0.4, 0.5) is 11.4 Å². The van der Waals surface area contributed by atoms with Gasteiger partial charge in [-0.2, -0.15) is 0 Å². The number of hydrogen-bond donors (Lipinski definition) is 2. The number of carbonyl (C=O) groups is 3. The van der Waals surface area contributed by atoms with Gasteiger partial charge < -0.3 is 20.1 Å². The Balaban J connectivity index is 1.31. The number of esters is 1. The number of anilines is 2. The third-order valence-corrected chi connectivity index (χ3v) is 6.05. The molecule has 0 saturated carbocycles. The summed E-state index contributed by atoms with van der Waals surface area (Å²) >= 11 is 7.50. The van der Waals surface area contributed by atoms with Gasteiger partial charge in [0, 0.05) is 39.0 Å². The van der Waals surface area contributed by atoms with Crippen molar-refractivity contribution in [2.24, 2.45) is 0 Å². The fourth-order valence-corrected chi connectivity index (χ4v) is 4.02. The van der Waals surface area contributed by atoms with Crippen molar-refractivity contribution >= 4 is 52.5 Å². The maximum Gasteiger partial charge on any atom is 0.306 e. The van der Waals surface area contributed by atoms with Crippen LogP contribution in [0.3, 0.4) is 0 Å². The van der Waals surface area contributed by atoms with Crippen LogP contribution >= 0.6 is 23.4 Å². The number of benzene rings is 3. The fraction of sp³-hybridized carbons (Fsp3) is 0.222. The molecule has 0 aliphatic carbocycles. The van der Waals surface area contributed by atoms with Gasteiger partial charge in [0.2, 0.25) is 5.91 Å². The van der Waals surface area contributed by atoms with Crippen LogP contribution in [0.15, 0.2) is 82.6 Å². The summed E-state index contributed by atoms with van der Waals surface area (Å²) < 4.78 is 10.3. The Hall–Kier alpha value is -3.49. The molecule has 36 heavy (non-hydrogen) atoms. The molecule has 3 aromatic carbocycles. The summed E-state index contributed by atoms with van der Waals surface area (Å²) in [5.74, 6) is -0.471. The van der Waals surface area contributed by atoms with E-state index in [4.69, 9.17) is 21.1 Å². The predicted octanol–water partition coefficient (Wildman–Crippen LogP) is 6.18. The molecule has 9 heteroatoms. The third kappa shape index (κ3) is 9.64. The molecule has 3 aromatic rings. The van der Waals surface area contributed by atoms with E-state index in [1.54, 1.807) is 36.0 Å². The lowest BCUT2D eigenvalue weighted by Gasteiger charge is -2.08. The van der Waals surface area contributed by atoms with E-state index in [1.807, 2.05) is 55.5 Å². The van der Waals surface area contributed by atoms with Crippen LogP contribution in [0.25, 0.3) is 0 Å². The average molecular weight is 527 g/mol. The first-order valence-electron chi connectivity index (χ1n) is 11.4. The van der Waals surface area contributed by atoms with Gasteiger partial charge in [-0.05, 0) is 86.1 Å². The highest BCUT2D eigenvalue weighted by Gasteiger charge is 2.10. The van der Waals surface area contributed by atoms with Crippen LogP contribution in [0.5, 0.6) is 5.75 Å². The Bertz CT molecular complexity index is 1150. The standard InChI is InChI=1S/C27H27ClN2O5S/c1-2-34-22-12-8-20(9-13-22)30-26(32)18-35-27(33)5-3-4-25(31)29-21-10-16-24(17-11-21)36-23-14-6-19(28)7-15-23/h6-17H,2-5,18H2,1H3,(H,29,31)(H,30,32). The van der Waals surface area contributed by atoms with Gasteiger partial charge in [0.05, 0.1) is 6.61 Å². The molecule has 0 fully saturated rings. The minimum absolute atomic E-state index is 0.0421. The molecular formula is C27H27ClN2O5S. The van der Waals surface area contributed by atoms with Gasteiger partial charge in [-0.1, -0.05) is 23.4 Å². The second-order valence-electron chi connectivity index (χ2n) is 7.65. The number of halogens is 1. The van der Waals surface area contributed by atoms with Crippen molar-refractivity contribution in [1.82, 2.24) is 0 Å². The Morgan fingerprint density at radius 3 is 1.94 bits per heavy atom. The predicted molar refractivity (Wildman–Crippen MR) is 142 cm³/mol. The van der Waals surface area contributed by atoms with Crippen molar-refractivity contribution < 1.29 is 23.9 Å². The van der Waals surface area contributed by atoms with Crippen molar-refractivity contribution in [2.45, 2.75) is 36.0 Å². The van der Waals surface area contributed by atoms with E-state index in [1.165, 1.54) is 0 Å². The molecule has 2 N–H and O–H groups in total. The van der Waals surface area contributed by atoms with Crippen molar-refractivity contribution in [2.75, 3.05) is 23.8 Å². The van der Waals surface area contributed by atoms with Crippen molar-refractivity contribution in [1.29, 1.82) is 0 Å². The highest BCUT2D eigenvalue weighted by atomic mass is 35.5. The topological polar surface area (TPSA) is 93.7 Å². The molecule has 7 nitrogen and oxygen atoms in total. The van der Waals surface area contributed by atoms with E-state index in [0.717, 1.165) is 9.79 Å². The smallest absolute Gasteiger partial charge is 0.306 e. The highest BCUT2D eigenvalue weighted by Crippen LogP contribution is 2.29. The molecule has 0 saturated heterocycles. The molecule has 0 spiro atoms. The molecule has 3 rings (SSSR count). The highest BCUT2D eigenvalue weighted by molar-refractivity contribution is 7.99. The van der Waals surface area contributed by atoms with E-state index in [-0.39, 0.29) is 18.7 Å². The summed E-state index contributed by atoms with van der Waals surface area (Å²) in [5.41, 5.74) is 1.25. The molecule has 0 unspecified atom stereocenters. The zero-order valence-corrected chi connectivity index (χ0v) is 21.4. The van der Waals surface area contributed by atoms with E-state index >= 15 is 0 Å². The maximum absolute atomic E-state index is 12.2. The number of hydrogen-bond acceptors (Lipinski definition) is 6. The molecule has 0 aliphatic heterocycles. The Morgan fingerprint density at radius 2 is 1.33 bits per heavy atom. The van der Waals surface area contributed by atoms with Gasteiger partial charge in [-0.3, -0.25) is 14.4 Å². The zero-order valence-electron chi connectivity index (χ0n) is 19.8. The van der Waals surface area contributed by atoms with Crippen LogP contribution in [-0.4, -0.2) is 31.0 Å². The number of carbonyl (C=O) groups excluding carboxylic acids is 3. The first-order chi connectivity index (χ1) is 17.4. The van der Waals surface area contributed by atoms with Crippen molar-refractivity contribution in [3.63, 3.8) is 0 Å². The van der Waals surface area contributed by atoms with Crippen LogP contribution < -0.4 is 15.4 Å². The van der Waals surface area contributed by atoms with Crippen molar-refractivity contribution in [3.8, 4) is 5.75 Å². The van der Waals surface area contributed by atoms with Gasteiger partial charge in [-0.15, -0.1) is 0 Å². The Labute approximate surface area is 219 Å². The van der Waals surface area contributed by atoms with Crippen LogP contribution in [0.1, 0.15) is 26.2 Å². The molecule has 0 atom stereocenters. The second-order valence-corrected chi connectivity index (χ2v) is 9.23. The van der Waals surface area contributed by atoms with E-state index in [9.17, 15) is 14.4 Å². The van der Waals surface area contributed by atoms with Crippen LogP contribution in [0, 0.1) is 0 Å². The maximum atomic E-state index is 12.2. The number of amides is 2. The molecular weight excluding hydrogens is 500 g/mol. The first-order valence-corrected chi connectivity index (χ1v) is 12.6. The normalized spacial score (nSPS) is 10.4. The van der Waals surface area contributed by atoms with E-state index < -0.39 is 18.5 Å². The van der Waals surface area contributed by atoms with Gasteiger partial charge in [0.15, 0.2) is 6.61 Å². The van der Waals surface area contributed by atoms with Gasteiger partial charge in [0.1, 0.15) is 5.75 Å². The summed E-state index contributed by atoms with van der Waals surface area (Å²) in [6.07, 6.45) is 0.519. The second kappa shape index (κ2) is 14.2. The number of rotatable bonds is 12. The summed E-state index contributed by atoms with van der Waals surface area (Å²) in [5, 5.41) is 6.15. The molecule has 0 radical (unpaired) electrons. The minimum atomic E-state index is -0.534. The third-order valence-electron chi connectivity index (χ3n) is 4.79. The van der Waals surface area contributed by atoms with E-state index in [2.05, 4.69) is 10.6 Å². The summed E-state index contributed by atoms with van der Waals surface area (Å²) in [4.78, 5) is 38.1. The lowest BCUT2D eigenvalue weighted by molar-refractivity contribution is -0.147. The fourth-order valence-electron chi connectivity index (χ4n) is 3.08. The summed E-state index contributed by atoms with van der Waals surface area (Å²) in [6, 6.07) is 22.0. The molecule has 188 valence electrons. The van der Waals surface area contributed by atoms with Crippen molar-refractivity contribution in [3.05, 3.63) is 77.8 Å². The SMILES string of the molecule is CCOc1ccc(NC(=O)COC(=O)CCCC(=O)Nc2ccc(Sc3ccc(Cl)cc3)cc2)cc1. The van der Waals surface area contributed by atoms with Crippen LogP contribution in [-0.2, 0) is 19.1 Å². The Morgan fingerprint density at radius 1 is 0.778 bits per heavy atom. The molecule has 2 amide bonds. The van der Waals surface area contributed by atoms with E-state index in [0.29, 0.717) is 35.2 Å². The Kier molecular flexibility index (Phi) is 10.7. The lowest BCUT2D eigenvalue weighted by Crippen LogP contribution is -2.21. The minimum Gasteiger partial charge on any atom is -0.494 e. The first kappa shape index (κ1) is 27.1. The quantitative estimate of drug-likeness (QED) is 0.274. The number of ether oxygens (including phenoxy) is 2. The zero-order chi connectivity index (χ0) is 25.8. The molecule has 0 bridgehead atoms. The monoisotopic (exact) mass is 526 g/mol. The number of nitrogens with one attached hydrogen (secondary N) is 2. The van der Waals surface area contributed by atoms with Gasteiger partial charge in [-0.25, -0.2) is 0 Å². The molecule has 0 heterocycles. The van der Waals surface area contributed by atoms with Gasteiger partial charge in [0.25, 0.3) is 5.91 Å². The largest absolute Gasteiger partial charge is 0.494 e. The lowest BCUT2D eigenvalue weighted by atomic mass is 10.2.